The second-order valence-electron chi connectivity index (χ2n) is 5.34. The monoisotopic (exact) mass is 288 g/mol. The Bertz CT molecular complexity index is 576. The Labute approximate surface area is 124 Å². The molecule has 0 aliphatic carbocycles. The fourth-order valence-corrected chi connectivity index (χ4v) is 2.51. The maximum Gasteiger partial charge on any atom is 0.273 e. The van der Waals surface area contributed by atoms with E-state index in [4.69, 9.17) is 9.84 Å². The standard InChI is InChI=1S/C16H20N2O3/c1-16(21-2)8-5-10-18(12-16)15(20)14-13(7-4-11-19)6-3-9-17-14/h3,6,9,19H,5,8,10-12H2,1-2H3. The first-order valence-corrected chi connectivity index (χ1v) is 6.99. The van der Waals surface area contributed by atoms with Gasteiger partial charge in [-0.25, -0.2) is 4.98 Å². The second-order valence-corrected chi connectivity index (χ2v) is 5.34. The van der Waals surface area contributed by atoms with Gasteiger partial charge in [0.25, 0.3) is 5.91 Å². The zero-order valence-corrected chi connectivity index (χ0v) is 12.4. The maximum atomic E-state index is 12.7. The molecule has 5 heteroatoms. The number of hydrogen-bond acceptors (Lipinski definition) is 4. The number of aliphatic hydroxyl groups is 1. The van der Waals surface area contributed by atoms with E-state index in [1.54, 1.807) is 30.3 Å². The van der Waals surface area contributed by atoms with Crippen molar-refractivity contribution in [3.63, 3.8) is 0 Å². The number of carbonyl (C=O) groups is 1. The quantitative estimate of drug-likeness (QED) is 0.827. The normalized spacial score (nSPS) is 21.6. The van der Waals surface area contributed by atoms with Gasteiger partial charge in [-0.05, 0) is 31.9 Å². The number of carbonyl (C=O) groups excluding carboxylic acids is 1. The van der Waals surface area contributed by atoms with Gasteiger partial charge in [-0.2, -0.15) is 0 Å². The van der Waals surface area contributed by atoms with E-state index in [1.165, 1.54) is 0 Å². The van der Waals surface area contributed by atoms with Crippen LogP contribution >= 0.6 is 0 Å². The van der Waals surface area contributed by atoms with Crippen LogP contribution in [-0.4, -0.2) is 53.3 Å². The molecule has 1 aromatic heterocycles. The van der Waals surface area contributed by atoms with E-state index in [2.05, 4.69) is 16.8 Å². The summed E-state index contributed by atoms with van der Waals surface area (Å²) in [4.78, 5) is 18.6. The summed E-state index contributed by atoms with van der Waals surface area (Å²) in [5.74, 6) is 5.20. The van der Waals surface area contributed by atoms with Crippen LogP contribution in [0.1, 0.15) is 35.8 Å². The molecule has 0 spiro atoms. The lowest BCUT2D eigenvalue weighted by molar-refractivity contribution is -0.0441. The number of nitrogens with zero attached hydrogens (tertiary/aromatic N) is 2. The number of ether oxygens (including phenoxy) is 1. The summed E-state index contributed by atoms with van der Waals surface area (Å²) in [5.41, 5.74) is 0.569. The first kappa shape index (κ1) is 15.5. The van der Waals surface area contributed by atoms with Crippen molar-refractivity contribution < 1.29 is 14.6 Å². The molecule has 112 valence electrons. The molecule has 1 aliphatic heterocycles. The minimum absolute atomic E-state index is 0.138. The molecule has 0 radical (unpaired) electrons. The fourth-order valence-electron chi connectivity index (χ4n) is 2.51. The van der Waals surface area contributed by atoms with Crippen LogP contribution in [0.2, 0.25) is 0 Å². The summed E-state index contributed by atoms with van der Waals surface area (Å²) in [6, 6.07) is 3.47. The van der Waals surface area contributed by atoms with Crippen molar-refractivity contribution >= 4 is 5.91 Å². The smallest absolute Gasteiger partial charge is 0.273 e. The van der Waals surface area contributed by atoms with Crippen LogP contribution in [0.15, 0.2) is 18.3 Å². The van der Waals surface area contributed by atoms with Gasteiger partial charge < -0.3 is 14.7 Å². The molecule has 1 atom stereocenters. The molecule has 0 bridgehead atoms. The maximum absolute atomic E-state index is 12.7. The van der Waals surface area contributed by atoms with Crippen molar-refractivity contribution in [3.05, 3.63) is 29.6 Å². The predicted molar refractivity (Wildman–Crippen MR) is 78.8 cm³/mol. The highest BCUT2D eigenvalue weighted by atomic mass is 16.5. The van der Waals surface area contributed by atoms with Crippen molar-refractivity contribution in [2.75, 3.05) is 26.8 Å². The van der Waals surface area contributed by atoms with Crippen LogP contribution in [0.5, 0.6) is 0 Å². The average Bonchev–Trinajstić information content (AvgIpc) is 2.52. The van der Waals surface area contributed by atoms with E-state index >= 15 is 0 Å². The fraction of sp³-hybridized carbons (Fsp3) is 0.500. The molecular formula is C16H20N2O3. The summed E-state index contributed by atoms with van der Waals surface area (Å²) in [6.07, 6.45) is 3.42. The van der Waals surface area contributed by atoms with Gasteiger partial charge >= 0.3 is 0 Å². The minimum atomic E-state index is -0.306. The molecule has 0 saturated carbocycles. The zero-order valence-electron chi connectivity index (χ0n) is 12.4. The van der Waals surface area contributed by atoms with Gasteiger partial charge in [0.05, 0.1) is 11.2 Å². The SMILES string of the molecule is COC1(C)CCCN(C(=O)c2ncccc2C#CCO)C1. The van der Waals surface area contributed by atoms with Gasteiger partial charge in [0, 0.05) is 26.4 Å². The number of aliphatic hydroxyl groups excluding tert-OH is 1. The van der Waals surface area contributed by atoms with E-state index in [-0.39, 0.29) is 18.1 Å². The Hall–Kier alpha value is -1.90. The van der Waals surface area contributed by atoms with Crippen LogP contribution in [0, 0.1) is 11.8 Å². The molecule has 1 aromatic rings. The third kappa shape index (κ3) is 3.60. The van der Waals surface area contributed by atoms with Crippen LogP contribution in [0.3, 0.4) is 0 Å². The molecule has 1 fully saturated rings. The Kier molecular flexibility index (Phi) is 4.94. The minimum Gasteiger partial charge on any atom is -0.384 e. The Morgan fingerprint density at radius 2 is 2.43 bits per heavy atom. The van der Waals surface area contributed by atoms with Gasteiger partial charge in [0.2, 0.25) is 0 Å². The first-order chi connectivity index (χ1) is 10.1. The Morgan fingerprint density at radius 3 is 3.14 bits per heavy atom. The Morgan fingerprint density at radius 1 is 1.62 bits per heavy atom. The van der Waals surface area contributed by atoms with Gasteiger partial charge in [0.1, 0.15) is 12.3 Å². The lowest BCUT2D eigenvalue weighted by Gasteiger charge is -2.39. The van der Waals surface area contributed by atoms with Crippen LogP contribution < -0.4 is 0 Å². The summed E-state index contributed by atoms with van der Waals surface area (Å²) >= 11 is 0. The lowest BCUT2D eigenvalue weighted by atomic mass is 9.94. The van der Waals surface area contributed by atoms with E-state index in [0.717, 1.165) is 12.8 Å². The zero-order chi connectivity index (χ0) is 15.3. The number of pyridine rings is 1. The molecule has 1 saturated heterocycles. The molecule has 2 rings (SSSR count). The summed E-state index contributed by atoms with van der Waals surface area (Å²) < 4.78 is 5.51. The van der Waals surface area contributed by atoms with Gasteiger partial charge in [-0.3, -0.25) is 4.79 Å². The Balaban J connectivity index is 2.24. The number of piperidine rings is 1. The van der Waals surface area contributed by atoms with Gasteiger partial charge in [-0.15, -0.1) is 0 Å². The van der Waals surface area contributed by atoms with E-state index in [9.17, 15) is 4.79 Å². The van der Waals surface area contributed by atoms with Crippen molar-refractivity contribution in [3.8, 4) is 11.8 Å². The average molecular weight is 288 g/mol. The van der Waals surface area contributed by atoms with Crippen molar-refractivity contribution in [1.82, 2.24) is 9.88 Å². The van der Waals surface area contributed by atoms with Crippen LogP contribution in [0.4, 0.5) is 0 Å². The summed E-state index contributed by atoms with van der Waals surface area (Å²) in [7, 11) is 1.67. The second kappa shape index (κ2) is 6.70. The molecule has 21 heavy (non-hydrogen) atoms. The molecule has 1 amide bonds. The third-order valence-corrected chi connectivity index (χ3v) is 3.75. The molecular weight excluding hydrogens is 268 g/mol. The van der Waals surface area contributed by atoms with Crippen molar-refractivity contribution in [1.29, 1.82) is 0 Å². The van der Waals surface area contributed by atoms with E-state index in [0.29, 0.717) is 24.3 Å². The molecule has 1 N–H and O–H groups in total. The number of aromatic nitrogens is 1. The molecule has 1 unspecified atom stereocenters. The highest BCUT2D eigenvalue weighted by Crippen LogP contribution is 2.25. The third-order valence-electron chi connectivity index (χ3n) is 3.75. The summed E-state index contributed by atoms with van der Waals surface area (Å²) in [6.45, 7) is 3.01. The number of amides is 1. The highest BCUT2D eigenvalue weighted by molar-refractivity contribution is 5.94. The van der Waals surface area contributed by atoms with Crippen LogP contribution in [-0.2, 0) is 4.74 Å². The topological polar surface area (TPSA) is 62.7 Å². The number of likely N-dealkylation sites (tertiary alicyclic amines) is 1. The van der Waals surface area contributed by atoms with E-state index in [1.807, 2.05) is 6.92 Å². The number of methoxy groups -OCH3 is 1. The van der Waals surface area contributed by atoms with Crippen molar-refractivity contribution in [2.45, 2.75) is 25.4 Å². The van der Waals surface area contributed by atoms with E-state index < -0.39 is 0 Å². The largest absolute Gasteiger partial charge is 0.384 e. The van der Waals surface area contributed by atoms with Crippen molar-refractivity contribution in [2.24, 2.45) is 0 Å². The number of rotatable bonds is 2. The highest BCUT2D eigenvalue weighted by Gasteiger charge is 2.34. The predicted octanol–water partition coefficient (Wildman–Crippen LogP) is 1.07. The van der Waals surface area contributed by atoms with Crippen LogP contribution in [0.25, 0.3) is 0 Å². The summed E-state index contributed by atoms with van der Waals surface area (Å²) in [5, 5.41) is 8.80. The van der Waals surface area contributed by atoms with Gasteiger partial charge in [0.15, 0.2) is 0 Å². The first-order valence-electron chi connectivity index (χ1n) is 6.99. The molecule has 1 aliphatic rings. The lowest BCUT2D eigenvalue weighted by Crippen LogP contribution is -2.49. The van der Waals surface area contributed by atoms with Gasteiger partial charge in [-0.1, -0.05) is 11.8 Å². The number of hydrogen-bond donors (Lipinski definition) is 1. The molecule has 5 nitrogen and oxygen atoms in total. The molecule has 0 aromatic carbocycles. The molecule has 2 heterocycles.